The first kappa shape index (κ1) is 13.8. The fraction of sp³-hybridized carbons (Fsp3) is 0.133. The molecule has 106 valence electrons. The average Bonchev–Trinajstić information content (AvgIpc) is 3.05. The van der Waals surface area contributed by atoms with Gasteiger partial charge in [0.05, 0.1) is 5.69 Å². The maximum Gasteiger partial charge on any atom is 0.258 e. The molecule has 0 fully saturated rings. The van der Waals surface area contributed by atoms with Crippen molar-refractivity contribution in [2.75, 3.05) is 6.26 Å². The Balaban J connectivity index is 1.91. The number of rotatable bonds is 4. The monoisotopic (exact) mass is 298 g/mol. The second kappa shape index (κ2) is 6.07. The van der Waals surface area contributed by atoms with E-state index in [0.717, 1.165) is 16.8 Å². The molecule has 0 aliphatic heterocycles. The zero-order valence-electron chi connectivity index (χ0n) is 11.5. The lowest BCUT2D eigenvalue weighted by atomic mass is 10.2. The molecule has 3 rings (SSSR count). The molecule has 0 atom stereocenters. The third-order valence-corrected chi connectivity index (χ3v) is 3.79. The molecule has 21 heavy (non-hydrogen) atoms. The van der Waals surface area contributed by atoms with E-state index in [1.807, 2.05) is 42.7 Å². The van der Waals surface area contributed by atoms with Crippen LogP contribution in [0.3, 0.4) is 0 Å². The minimum Gasteiger partial charge on any atom is -0.334 e. The first-order valence-electron chi connectivity index (χ1n) is 6.43. The molecule has 0 aliphatic carbocycles. The summed E-state index contributed by atoms with van der Waals surface area (Å²) in [4.78, 5) is 9.78. The summed E-state index contributed by atoms with van der Waals surface area (Å²) in [5, 5.41) is 4.03. The second-order valence-electron chi connectivity index (χ2n) is 4.39. The topological polar surface area (TPSA) is 77.8 Å². The number of hydrogen-bond acceptors (Lipinski definition) is 6. The van der Waals surface area contributed by atoms with Crippen molar-refractivity contribution in [1.82, 2.24) is 15.1 Å². The highest BCUT2D eigenvalue weighted by Gasteiger charge is 2.11. The zero-order chi connectivity index (χ0) is 14.7. The maximum atomic E-state index is 5.59. The molecule has 2 N–H and O–H groups in total. The summed E-state index contributed by atoms with van der Waals surface area (Å²) in [6, 6.07) is 11.7. The molecule has 2 aromatic heterocycles. The molecule has 3 aromatic rings. The lowest BCUT2D eigenvalue weighted by molar-refractivity contribution is 0.432. The van der Waals surface area contributed by atoms with Gasteiger partial charge in [-0.15, -0.1) is 11.8 Å². The zero-order valence-corrected chi connectivity index (χ0v) is 12.3. The molecule has 1 aromatic carbocycles. The van der Waals surface area contributed by atoms with Gasteiger partial charge in [0.25, 0.3) is 5.89 Å². The van der Waals surface area contributed by atoms with Gasteiger partial charge in [-0.2, -0.15) is 4.98 Å². The minimum absolute atomic E-state index is 0.380. The Bertz CT molecular complexity index is 739. The van der Waals surface area contributed by atoms with Crippen LogP contribution in [0.4, 0.5) is 0 Å². The fourth-order valence-corrected chi connectivity index (χ4v) is 2.33. The molecule has 0 unspecified atom stereocenters. The fourth-order valence-electron chi connectivity index (χ4n) is 1.92. The Morgan fingerprint density at radius 1 is 1.14 bits per heavy atom. The van der Waals surface area contributed by atoms with Crippen LogP contribution >= 0.6 is 11.8 Å². The summed E-state index contributed by atoms with van der Waals surface area (Å²) in [5.41, 5.74) is 8.13. The van der Waals surface area contributed by atoms with E-state index in [4.69, 9.17) is 10.3 Å². The van der Waals surface area contributed by atoms with E-state index >= 15 is 0 Å². The van der Waals surface area contributed by atoms with Crippen LogP contribution in [0.5, 0.6) is 0 Å². The molecule has 0 saturated carbocycles. The highest BCUT2D eigenvalue weighted by molar-refractivity contribution is 7.98. The molecular formula is C15H14N4OS. The Labute approximate surface area is 126 Å². The van der Waals surface area contributed by atoms with E-state index in [1.54, 1.807) is 18.0 Å². The van der Waals surface area contributed by atoms with Crippen molar-refractivity contribution in [2.24, 2.45) is 5.73 Å². The SMILES string of the molecule is CSc1ccc(-c2noc(-c3ccnc(CN)c3)n2)cc1. The minimum atomic E-state index is 0.380. The molecule has 0 radical (unpaired) electrons. The maximum absolute atomic E-state index is 5.59. The van der Waals surface area contributed by atoms with Crippen LogP contribution in [-0.2, 0) is 6.54 Å². The number of nitrogens with two attached hydrogens (primary N) is 1. The molecule has 5 nitrogen and oxygen atoms in total. The quantitative estimate of drug-likeness (QED) is 0.746. The van der Waals surface area contributed by atoms with E-state index in [0.29, 0.717) is 18.3 Å². The summed E-state index contributed by atoms with van der Waals surface area (Å²) in [6.07, 6.45) is 3.73. The van der Waals surface area contributed by atoms with E-state index in [9.17, 15) is 0 Å². The van der Waals surface area contributed by atoms with Crippen molar-refractivity contribution in [3.05, 3.63) is 48.3 Å². The number of aromatic nitrogens is 3. The predicted molar refractivity (Wildman–Crippen MR) is 82.6 cm³/mol. The van der Waals surface area contributed by atoms with Crippen molar-refractivity contribution >= 4 is 11.8 Å². The van der Waals surface area contributed by atoms with Crippen LogP contribution in [0.2, 0.25) is 0 Å². The Morgan fingerprint density at radius 3 is 2.67 bits per heavy atom. The van der Waals surface area contributed by atoms with Gasteiger partial charge >= 0.3 is 0 Å². The van der Waals surface area contributed by atoms with Gasteiger partial charge in [0.1, 0.15) is 0 Å². The van der Waals surface area contributed by atoms with Crippen LogP contribution in [0.25, 0.3) is 22.8 Å². The summed E-state index contributed by atoms with van der Waals surface area (Å²) in [6.45, 7) is 0.380. The number of pyridine rings is 1. The van der Waals surface area contributed by atoms with Crippen molar-refractivity contribution < 1.29 is 4.52 Å². The molecule has 2 heterocycles. The van der Waals surface area contributed by atoms with Crippen molar-refractivity contribution in [2.45, 2.75) is 11.4 Å². The Morgan fingerprint density at radius 2 is 1.95 bits per heavy atom. The van der Waals surface area contributed by atoms with Gasteiger partial charge in [-0.25, -0.2) is 0 Å². The number of nitrogens with zero attached hydrogens (tertiary/aromatic N) is 3. The summed E-state index contributed by atoms with van der Waals surface area (Å²) < 4.78 is 5.33. The van der Waals surface area contributed by atoms with Crippen molar-refractivity contribution in [1.29, 1.82) is 0 Å². The van der Waals surface area contributed by atoms with Gasteiger partial charge < -0.3 is 10.3 Å². The lowest BCUT2D eigenvalue weighted by Crippen LogP contribution is -1.98. The number of hydrogen-bond donors (Lipinski definition) is 1. The largest absolute Gasteiger partial charge is 0.334 e. The van der Waals surface area contributed by atoms with Gasteiger partial charge in [0.2, 0.25) is 5.82 Å². The van der Waals surface area contributed by atoms with Crippen molar-refractivity contribution in [3.8, 4) is 22.8 Å². The third-order valence-electron chi connectivity index (χ3n) is 3.05. The van der Waals surface area contributed by atoms with Gasteiger partial charge in [-0.3, -0.25) is 4.98 Å². The van der Waals surface area contributed by atoms with E-state index in [1.165, 1.54) is 4.90 Å². The molecular weight excluding hydrogens is 284 g/mol. The van der Waals surface area contributed by atoms with Crippen LogP contribution in [0, 0.1) is 0 Å². The smallest absolute Gasteiger partial charge is 0.258 e. The van der Waals surface area contributed by atoms with Gasteiger partial charge in [0.15, 0.2) is 0 Å². The van der Waals surface area contributed by atoms with Crippen LogP contribution in [-0.4, -0.2) is 21.4 Å². The number of benzene rings is 1. The average molecular weight is 298 g/mol. The first-order chi connectivity index (χ1) is 10.3. The van der Waals surface area contributed by atoms with Crippen molar-refractivity contribution in [3.63, 3.8) is 0 Å². The van der Waals surface area contributed by atoms with E-state index in [-0.39, 0.29) is 0 Å². The normalized spacial score (nSPS) is 10.8. The molecule has 0 amide bonds. The summed E-state index contributed by atoms with van der Waals surface area (Å²) >= 11 is 1.70. The van der Waals surface area contributed by atoms with Crippen LogP contribution < -0.4 is 5.73 Å². The Kier molecular flexibility index (Phi) is 3.98. The highest BCUT2D eigenvalue weighted by atomic mass is 32.2. The molecule has 6 heteroatoms. The lowest BCUT2D eigenvalue weighted by Gasteiger charge is -1.98. The molecule has 0 aliphatic rings. The van der Waals surface area contributed by atoms with E-state index < -0.39 is 0 Å². The van der Waals surface area contributed by atoms with Crippen LogP contribution in [0.1, 0.15) is 5.69 Å². The Hall–Kier alpha value is -2.18. The number of thioether (sulfide) groups is 1. The van der Waals surface area contributed by atoms with Gasteiger partial charge in [-0.1, -0.05) is 5.16 Å². The second-order valence-corrected chi connectivity index (χ2v) is 5.27. The van der Waals surface area contributed by atoms with Gasteiger partial charge in [0, 0.05) is 28.8 Å². The molecule has 0 bridgehead atoms. The molecule has 0 saturated heterocycles. The summed E-state index contributed by atoms with van der Waals surface area (Å²) in [7, 11) is 0. The van der Waals surface area contributed by atoms with Crippen LogP contribution in [0.15, 0.2) is 52.0 Å². The highest BCUT2D eigenvalue weighted by Crippen LogP contribution is 2.24. The van der Waals surface area contributed by atoms with E-state index in [2.05, 4.69) is 15.1 Å². The molecule has 0 spiro atoms. The first-order valence-corrected chi connectivity index (χ1v) is 7.66. The standard InChI is InChI=1S/C15H14N4OS/c1-21-13-4-2-10(3-5-13)14-18-15(20-19-14)11-6-7-17-12(8-11)9-16/h2-8H,9,16H2,1H3. The van der Waals surface area contributed by atoms with Gasteiger partial charge in [-0.05, 0) is 42.7 Å². The predicted octanol–water partition coefficient (Wildman–Crippen LogP) is 2.98. The third kappa shape index (κ3) is 2.96. The summed E-state index contributed by atoms with van der Waals surface area (Å²) in [5.74, 6) is 1.04.